The van der Waals surface area contributed by atoms with Gasteiger partial charge in [0.1, 0.15) is 17.3 Å². The van der Waals surface area contributed by atoms with Crippen molar-refractivity contribution < 1.29 is 19.1 Å². The van der Waals surface area contributed by atoms with E-state index < -0.39 is 11.6 Å². The first-order chi connectivity index (χ1) is 13.6. The number of nitrogens with zero attached hydrogens (tertiary/aromatic N) is 2. The third-order valence-corrected chi connectivity index (χ3v) is 4.46. The van der Waals surface area contributed by atoms with Crippen molar-refractivity contribution in [1.82, 2.24) is 9.78 Å². The van der Waals surface area contributed by atoms with Crippen LogP contribution in [0.2, 0.25) is 0 Å². The highest BCUT2D eigenvalue weighted by Gasteiger charge is 2.22. The maximum Gasteiger partial charge on any atom is 0.273 e. The van der Waals surface area contributed by atoms with Crippen molar-refractivity contribution in [2.45, 2.75) is 26.2 Å². The van der Waals surface area contributed by atoms with E-state index in [-0.39, 0.29) is 28.2 Å². The molecule has 0 aliphatic carbocycles. The van der Waals surface area contributed by atoms with Gasteiger partial charge in [0.05, 0.1) is 11.3 Å². The molecule has 7 heteroatoms. The van der Waals surface area contributed by atoms with Crippen molar-refractivity contribution in [1.29, 1.82) is 0 Å². The first kappa shape index (κ1) is 20.3. The van der Waals surface area contributed by atoms with Crippen LogP contribution in [-0.2, 0) is 12.5 Å². The van der Waals surface area contributed by atoms with Crippen molar-refractivity contribution >= 4 is 17.4 Å². The number of phenolic OH excluding ortho intramolecular Hbond substituents is 1. The molecule has 0 aliphatic heterocycles. The molecule has 0 atom stereocenters. The lowest BCUT2D eigenvalue weighted by atomic mass is 9.92. The van der Waals surface area contributed by atoms with Crippen LogP contribution in [-0.4, -0.2) is 26.6 Å². The molecular formula is C22H22FN3O3. The summed E-state index contributed by atoms with van der Waals surface area (Å²) >= 11 is 0. The van der Waals surface area contributed by atoms with E-state index in [2.05, 4.69) is 10.4 Å². The lowest BCUT2D eigenvalue weighted by molar-refractivity contribution is 0.101. The highest BCUT2D eigenvalue weighted by Crippen LogP contribution is 2.23. The molecule has 3 rings (SSSR count). The highest BCUT2D eigenvalue weighted by atomic mass is 19.1. The summed E-state index contributed by atoms with van der Waals surface area (Å²) in [6, 6.07) is 11.2. The van der Waals surface area contributed by atoms with Gasteiger partial charge >= 0.3 is 0 Å². The van der Waals surface area contributed by atoms with E-state index in [1.807, 2.05) is 20.8 Å². The minimum absolute atomic E-state index is 0.188. The molecule has 2 aromatic carbocycles. The van der Waals surface area contributed by atoms with Crippen molar-refractivity contribution in [3.05, 3.63) is 76.9 Å². The molecule has 1 heterocycles. The molecule has 1 aromatic heterocycles. The number of carbonyl (C=O) groups excluding carboxylic acids is 2. The molecule has 0 spiro atoms. The van der Waals surface area contributed by atoms with Gasteiger partial charge in [-0.2, -0.15) is 5.10 Å². The number of anilines is 1. The minimum atomic E-state index is -0.730. The van der Waals surface area contributed by atoms with Crippen molar-refractivity contribution in [3.63, 3.8) is 0 Å². The van der Waals surface area contributed by atoms with Gasteiger partial charge < -0.3 is 10.4 Å². The lowest BCUT2D eigenvalue weighted by Gasteiger charge is -2.13. The minimum Gasteiger partial charge on any atom is -0.508 e. The second kappa shape index (κ2) is 7.50. The summed E-state index contributed by atoms with van der Waals surface area (Å²) in [7, 11) is 1.69. The zero-order chi connectivity index (χ0) is 21.3. The summed E-state index contributed by atoms with van der Waals surface area (Å²) < 4.78 is 15.5. The maximum absolute atomic E-state index is 14.0. The van der Waals surface area contributed by atoms with E-state index in [4.69, 9.17) is 0 Å². The van der Waals surface area contributed by atoms with Gasteiger partial charge in [-0.05, 0) is 36.4 Å². The normalized spacial score (nSPS) is 11.3. The van der Waals surface area contributed by atoms with Gasteiger partial charge in [-0.25, -0.2) is 4.39 Å². The van der Waals surface area contributed by atoms with Crippen LogP contribution >= 0.6 is 0 Å². The van der Waals surface area contributed by atoms with E-state index in [0.29, 0.717) is 11.4 Å². The Labute approximate surface area is 168 Å². The number of carbonyl (C=O) groups is 2. The molecule has 0 fully saturated rings. The average molecular weight is 395 g/mol. The predicted molar refractivity (Wildman–Crippen MR) is 108 cm³/mol. The molecule has 150 valence electrons. The topological polar surface area (TPSA) is 84.2 Å². The summed E-state index contributed by atoms with van der Waals surface area (Å²) in [4.78, 5) is 25.3. The predicted octanol–water partition coefficient (Wildman–Crippen LogP) is 4.05. The Bertz CT molecular complexity index is 1100. The fourth-order valence-corrected chi connectivity index (χ4v) is 2.82. The highest BCUT2D eigenvalue weighted by molar-refractivity contribution is 6.10. The number of aryl methyl sites for hydroxylation is 1. The largest absolute Gasteiger partial charge is 0.508 e. The van der Waals surface area contributed by atoms with Gasteiger partial charge in [-0.3, -0.25) is 14.3 Å². The number of aromatic nitrogens is 2. The van der Waals surface area contributed by atoms with E-state index in [9.17, 15) is 19.1 Å². The van der Waals surface area contributed by atoms with Crippen LogP contribution in [0.25, 0.3) is 0 Å². The van der Waals surface area contributed by atoms with Crippen LogP contribution in [0.5, 0.6) is 5.75 Å². The second-order valence-electron chi connectivity index (χ2n) is 7.82. The summed E-state index contributed by atoms with van der Waals surface area (Å²) in [5.41, 5.74) is 1.30. The number of halogens is 1. The molecule has 0 saturated carbocycles. The monoisotopic (exact) mass is 395 g/mol. The molecular weight excluding hydrogens is 373 g/mol. The summed E-state index contributed by atoms with van der Waals surface area (Å²) in [6.07, 6.45) is 0. The number of amides is 1. The third kappa shape index (κ3) is 4.34. The number of hydrogen-bond donors (Lipinski definition) is 2. The number of benzene rings is 2. The van der Waals surface area contributed by atoms with E-state index in [0.717, 1.165) is 17.8 Å². The molecule has 3 aromatic rings. The van der Waals surface area contributed by atoms with Gasteiger partial charge in [0, 0.05) is 23.7 Å². The average Bonchev–Trinajstić information content (AvgIpc) is 3.05. The number of aromatic hydroxyl groups is 1. The molecule has 0 bridgehead atoms. The maximum atomic E-state index is 14.0. The molecule has 6 nitrogen and oxygen atoms in total. The molecule has 0 saturated heterocycles. The second-order valence-corrected chi connectivity index (χ2v) is 7.82. The molecule has 0 unspecified atom stereocenters. The van der Waals surface area contributed by atoms with Crippen LogP contribution in [0.15, 0.2) is 48.5 Å². The zero-order valence-corrected chi connectivity index (χ0v) is 16.7. The molecule has 0 radical (unpaired) electrons. The van der Waals surface area contributed by atoms with Gasteiger partial charge in [0.25, 0.3) is 5.91 Å². The first-order valence-corrected chi connectivity index (χ1v) is 9.05. The summed E-state index contributed by atoms with van der Waals surface area (Å²) in [5.74, 6) is -1.90. The van der Waals surface area contributed by atoms with Crippen LogP contribution < -0.4 is 5.32 Å². The zero-order valence-electron chi connectivity index (χ0n) is 16.7. The van der Waals surface area contributed by atoms with E-state index in [1.54, 1.807) is 25.2 Å². The fraction of sp³-hybridized carbons (Fsp3) is 0.227. The Morgan fingerprint density at radius 3 is 2.48 bits per heavy atom. The van der Waals surface area contributed by atoms with E-state index >= 15 is 0 Å². The van der Waals surface area contributed by atoms with Gasteiger partial charge in [-0.1, -0.05) is 32.9 Å². The van der Waals surface area contributed by atoms with Crippen LogP contribution in [0.1, 0.15) is 52.9 Å². The Morgan fingerprint density at radius 1 is 1.10 bits per heavy atom. The Morgan fingerprint density at radius 2 is 1.83 bits per heavy atom. The Kier molecular flexibility index (Phi) is 5.24. The van der Waals surface area contributed by atoms with Crippen molar-refractivity contribution in [2.24, 2.45) is 7.05 Å². The van der Waals surface area contributed by atoms with Crippen molar-refractivity contribution in [2.75, 3.05) is 5.32 Å². The molecule has 0 aliphatic rings. The third-order valence-electron chi connectivity index (χ3n) is 4.46. The van der Waals surface area contributed by atoms with Gasteiger partial charge in [0.2, 0.25) is 0 Å². The fourth-order valence-electron chi connectivity index (χ4n) is 2.82. The molecule has 2 N–H and O–H groups in total. The summed E-state index contributed by atoms with van der Waals surface area (Å²) in [5, 5.41) is 16.7. The van der Waals surface area contributed by atoms with E-state index in [1.165, 1.54) is 22.9 Å². The number of rotatable bonds is 4. The number of hydrogen-bond acceptors (Lipinski definition) is 4. The number of ketones is 1. The lowest BCUT2D eigenvalue weighted by Crippen LogP contribution is -2.16. The number of phenols is 1. The molecule has 1 amide bonds. The SMILES string of the molecule is Cn1nc(C(C)(C)C)cc1C(=O)Nc1cccc(C(=O)c2cc(O)ccc2F)c1. The van der Waals surface area contributed by atoms with Crippen molar-refractivity contribution in [3.8, 4) is 5.75 Å². The van der Waals surface area contributed by atoms with Gasteiger partial charge in [0.15, 0.2) is 5.78 Å². The quantitative estimate of drug-likeness (QED) is 0.653. The van der Waals surface area contributed by atoms with Crippen LogP contribution in [0.4, 0.5) is 10.1 Å². The Hall–Kier alpha value is -3.48. The summed E-state index contributed by atoms with van der Waals surface area (Å²) in [6.45, 7) is 6.02. The van der Waals surface area contributed by atoms with Crippen LogP contribution in [0, 0.1) is 5.82 Å². The standard InChI is InChI=1S/C22H22FN3O3/c1-22(2,3)19-12-18(26(4)25-19)21(29)24-14-7-5-6-13(10-14)20(28)16-11-15(27)8-9-17(16)23/h5-12,27H,1-4H3,(H,24,29). The first-order valence-electron chi connectivity index (χ1n) is 9.05. The number of nitrogens with one attached hydrogen (secondary N) is 1. The molecule has 29 heavy (non-hydrogen) atoms. The van der Waals surface area contributed by atoms with Crippen LogP contribution in [0.3, 0.4) is 0 Å². The smallest absolute Gasteiger partial charge is 0.273 e. The Balaban J connectivity index is 1.85. The van der Waals surface area contributed by atoms with Gasteiger partial charge in [-0.15, -0.1) is 0 Å².